The first kappa shape index (κ1) is 5.65. The Morgan fingerprint density at radius 2 is 2.38 bits per heavy atom. The highest BCUT2D eigenvalue weighted by atomic mass is 15.2. The quantitative estimate of drug-likeness (QED) is 0.445. The summed E-state index contributed by atoms with van der Waals surface area (Å²) in [5.41, 5.74) is 0. The van der Waals surface area contributed by atoms with Crippen LogP contribution in [0.1, 0.15) is 6.92 Å². The highest BCUT2D eigenvalue weighted by molar-refractivity contribution is 4.91. The second-order valence-corrected chi connectivity index (χ2v) is 2.50. The zero-order valence-electron chi connectivity index (χ0n) is 5.22. The lowest BCUT2D eigenvalue weighted by Gasteiger charge is -2.35. The largest absolute Gasteiger partial charge is 0.292 e. The van der Waals surface area contributed by atoms with Gasteiger partial charge in [-0.05, 0) is 5.92 Å². The number of hydrogen-bond acceptors (Lipinski definition) is 1. The minimum Gasteiger partial charge on any atom is -0.292 e. The van der Waals surface area contributed by atoms with E-state index in [0.29, 0.717) is 0 Å². The third-order valence-electron chi connectivity index (χ3n) is 1.45. The molecule has 0 aromatic heterocycles. The average Bonchev–Trinajstić information content (AvgIpc) is 1.64. The van der Waals surface area contributed by atoms with Crippen molar-refractivity contribution in [1.82, 2.24) is 4.90 Å². The average molecular weight is 109 g/mol. The molecule has 0 N–H and O–H groups in total. The number of nitrogens with zero attached hydrogens (tertiary/aromatic N) is 1. The van der Waals surface area contributed by atoms with E-state index in [4.69, 9.17) is 6.42 Å². The molecule has 1 aliphatic heterocycles. The van der Waals surface area contributed by atoms with Gasteiger partial charge in [-0.2, -0.15) is 0 Å². The van der Waals surface area contributed by atoms with Crippen LogP contribution in [0, 0.1) is 18.3 Å². The van der Waals surface area contributed by atoms with E-state index in [0.717, 1.165) is 12.5 Å². The van der Waals surface area contributed by atoms with Gasteiger partial charge < -0.3 is 0 Å². The molecule has 44 valence electrons. The number of terminal acetylenes is 1. The van der Waals surface area contributed by atoms with Gasteiger partial charge in [0.2, 0.25) is 0 Å². The zero-order valence-corrected chi connectivity index (χ0v) is 5.22. The highest BCUT2D eigenvalue weighted by Gasteiger charge is 2.20. The van der Waals surface area contributed by atoms with Gasteiger partial charge in [-0.25, -0.2) is 0 Å². The van der Waals surface area contributed by atoms with Gasteiger partial charge in [0, 0.05) is 13.1 Å². The first-order valence-electron chi connectivity index (χ1n) is 2.98. The van der Waals surface area contributed by atoms with Gasteiger partial charge in [-0.1, -0.05) is 12.8 Å². The van der Waals surface area contributed by atoms with Crippen molar-refractivity contribution in [2.45, 2.75) is 6.92 Å². The molecular formula is C7H11N. The van der Waals surface area contributed by atoms with Crippen molar-refractivity contribution in [2.24, 2.45) is 5.92 Å². The Morgan fingerprint density at radius 3 is 2.75 bits per heavy atom. The minimum absolute atomic E-state index is 0.838. The van der Waals surface area contributed by atoms with E-state index in [1.54, 1.807) is 0 Å². The fourth-order valence-corrected chi connectivity index (χ4v) is 1.09. The molecule has 0 unspecified atom stereocenters. The van der Waals surface area contributed by atoms with E-state index in [1.165, 1.54) is 13.1 Å². The summed E-state index contributed by atoms with van der Waals surface area (Å²) in [4.78, 5) is 2.27. The standard InChI is InChI=1S/C7H11N/c1-3-4-8-5-7(2)6-8/h1,7H,4-6H2,2H3. The number of rotatable bonds is 1. The van der Waals surface area contributed by atoms with E-state index >= 15 is 0 Å². The maximum absolute atomic E-state index is 5.09. The molecule has 0 bridgehead atoms. The maximum Gasteiger partial charge on any atom is 0.0599 e. The summed E-state index contributed by atoms with van der Waals surface area (Å²) in [6.07, 6.45) is 5.09. The van der Waals surface area contributed by atoms with Gasteiger partial charge in [0.15, 0.2) is 0 Å². The van der Waals surface area contributed by atoms with Crippen LogP contribution in [0.15, 0.2) is 0 Å². The van der Waals surface area contributed by atoms with Crippen LogP contribution in [0.25, 0.3) is 0 Å². The normalized spacial score (nSPS) is 22.0. The molecular weight excluding hydrogens is 98.1 g/mol. The molecule has 0 aromatic carbocycles. The Hall–Kier alpha value is -0.480. The smallest absolute Gasteiger partial charge is 0.0599 e. The van der Waals surface area contributed by atoms with Gasteiger partial charge in [-0.3, -0.25) is 4.90 Å². The van der Waals surface area contributed by atoms with Crippen molar-refractivity contribution in [3.05, 3.63) is 0 Å². The highest BCUT2D eigenvalue weighted by Crippen LogP contribution is 2.11. The van der Waals surface area contributed by atoms with Crippen molar-refractivity contribution in [3.63, 3.8) is 0 Å². The van der Waals surface area contributed by atoms with Crippen molar-refractivity contribution in [3.8, 4) is 12.3 Å². The van der Waals surface area contributed by atoms with Crippen molar-refractivity contribution in [2.75, 3.05) is 19.6 Å². The lowest BCUT2D eigenvalue weighted by molar-refractivity contribution is 0.132. The first-order valence-corrected chi connectivity index (χ1v) is 2.98. The van der Waals surface area contributed by atoms with Gasteiger partial charge in [-0.15, -0.1) is 6.42 Å². The summed E-state index contributed by atoms with van der Waals surface area (Å²) in [5, 5.41) is 0. The fourth-order valence-electron chi connectivity index (χ4n) is 1.09. The first-order chi connectivity index (χ1) is 3.83. The fraction of sp³-hybridized carbons (Fsp3) is 0.714. The molecule has 1 nitrogen and oxygen atoms in total. The van der Waals surface area contributed by atoms with Crippen LogP contribution in [-0.4, -0.2) is 24.5 Å². The Morgan fingerprint density at radius 1 is 1.75 bits per heavy atom. The van der Waals surface area contributed by atoms with Crippen molar-refractivity contribution >= 4 is 0 Å². The van der Waals surface area contributed by atoms with Crippen LogP contribution in [0.4, 0.5) is 0 Å². The third-order valence-corrected chi connectivity index (χ3v) is 1.45. The van der Waals surface area contributed by atoms with Gasteiger partial charge >= 0.3 is 0 Å². The van der Waals surface area contributed by atoms with E-state index in [-0.39, 0.29) is 0 Å². The number of likely N-dealkylation sites (tertiary alicyclic amines) is 1. The maximum atomic E-state index is 5.09. The molecule has 8 heavy (non-hydrogen) atoms. The lowest BCUT2D eigenvalue weighted by atomic mass is 10.0. The molecule has 0 spiro atoms. The Bertz CT molecular complexity index is 106. The molecule has 1 saturated heterocycles. The van der Waals surface area contributed by atoms with E-state index in [2.05, 4.69) is 17.7 Å². The van der Waals surface area contributed by atoms with Gasteiger partial charge in [0.25, 0.3) is 0 Å². The molecule has 1 heteroatoms. The third kappa shape index (κ3) is 1.02. The molecule has 0 atom stereocenters. The zero-order chi connectivity index (χ0) is 5.98. The summed E-state index contributed by atoms with van der Waals surface area (Å²) >= 11 is 0. The van der Waals surface area contributed by atoms with Gasteiger partial charge in [0.1, 0.15) is 0 Å². The van der Waals surface area contributed by atoms with Crippen LogP contribution in [-0.2, 0) is 0 Å². The molecule has 0 radical (unpaired) electrons. The van der Waals surface area contributed by atoms with Crippen LogP contribution >= 0.6 is 0 Å². The van der Waals surface area contributed by atoms with Crippen molar-refractivity contribution in [1.29, 1.82) is 0 Å². The lowest BCUT2D eigenvalue weighted by Crippen LogP contribution is -2.44. The van der Waals surface area contributed by atoms with Crippen LogP contribution < -0.4 is 0 Å². The molecule has 1 aliphatic rings. The predicted molar refractivity (Wildman–Crippen MR) is 34.4 cm³/mol. The second-order valence-electron chi connectivity index (χ2n) is 2.50. The summed E-state index contributed by atoms with van der Waals surface area (Å²) in [5.74, 6) is 3.49. The SMILES string of the molecule is C#CCN1CC(C)C1. The summed E-state index contributed by atoms with van der Waals surface area (Å²) in [7, 11) is 0. The minimum atomic E-state index is 0.838. The molecule has 0 aliphatic carbocycles. The molecule has 1 heterocycles. The van der Waals surface area contributed by atoms with E-state index in [9.17, 15) is 0 Å². The number of hydrogen-bond donors (Lipinski definition) is 0. The Balaban J connectivity index is 2.09. The van der Waals surface area contributed by atoms with E-state index < -0.39 is 0 Å². The Labute approximate surface area is 50.7 Å². The summed E-state index contributed by atoms with van der Waals surface area (Å²) < 4.78 is 0. The Kier molecular flexibility index (Phi) is 1.55. The topological polar surface area (TPSA) is 3.24 Å². The van der Waals surface area contributed by atoms with Gasteiger partial charge in [0.05, 0.1) is 6.54 Å². The molecule has 1 fully saturated rings. The van der Waals surface area contributed by atoms with E-state index in [1.807, 2.05) is 0 Å². The molecule has 0 amide bonds. The van der Waals surface area contributed by atoms with Crippen LogP contribution in [0.5, 0.6) is 0 Å². The summed E-state index contributed by atoms with van der Waals surface area (Å²) in [6, 6.07) is 0. The second kappa shape index (κ2) is 2.19. The molecule has 0 saturated carbocycles. The predicted octanol–water partition coefficient (Wildman–Crippen LogP) is 0.571. The van der Waals surface area contributed by atoms with Crippen LogP contribution in [0.3, 0.4) is 0 Å². The summed E-state index contributed by atoms with van der Waals surface area (Å²) in [6.45, 7) is 5.48. The monoisotopic (exact) mass is 109 g/mol. The van der Waals surface area contributed by atoms with Crippen LogP contribution in [0.2, 0.25) is 0 Å². The van der Waals surface area contributed by atoms with Crippen molar-refractivity contribution < 1.29 is 0 Å². The molecule has 1 rings (SSSR count). The molecule has 0 aromatic rings.